The maximum Gasteiger partial charge on any atom is 0.194 e. The van der Waals surface area contributed by atoms with Crippen LogP contribution in [-0.2, 0) is 22.4 Å². The van der Waals surface area contributed by atoms with Crippen molar-refractivity contribution in [3.63, 3.8) is 0 Å². The van der Waals surface area contributed by atoms with Crippen LogP contribution in [0.5, 0.6) is 0 Å². The van der Waals surface area contributed by atoms with Gasteiger partial charge in [0.05, 0.1) is 19.3 Å². The normalized spacial score (nSPS) is 25.2. The van der Waals surface area contributed by atoms with Crippen LogP contribution in [0.2, 0.25) is 0 Å². The molecule has 0 amide bonds. The second-order valence-electron chi connectivity index (χ2n) is 6.30. The average molecular weight is 352 g/mol. The molecule has 2 saturated heterocycles. The quantitative estimate of drug-likeness (QED) is 0.654. The summed E-state index contributed by atoms with van der Waals surface area (Å²) in [7, 11) is 0. The lowest BCUT2D eigenvalue weighted by atomic mass is 10.1. The largest absolute Gasteiger partial charge is 0.375 e. The molecule has 1 aromatic rings. The van der Waals surface area contributed by atoms with Crippen molar-refractivity contribution in [1.82, 2.24) is 10.2 Å². The minimum Gasteiger partial charge on any atom is -0.375 e. The molecule has 0 radical (unpaired) electrons. The third kappa shape index (κ3) is 4.49. The van der Waals surface area contributed by atoms with E-state index in [0.717, 1.165) is 64.6 Å². The Hall–Kier alpha value is -1.11. The Morgan fingerprint density at radius 1 is 1.25 bits per heavy atom. The van der Waals surface area contributed by atoms with Crippen LogP contribution >= 0.6 is 11.3 Å². The molecule has 6 heteroatoms. The Balaban J connectivity index is 1.63. The molecule has 2 fully saturated rings. The van der Waals surface area contributed by atoms with Gasteiger partial charge in [0.1, 0.15) is 6.10 Å². The van der Waals surface area contributed by atoms with Crippen LogP contribution in [0.3, 0.4) is 0 Å². The fourth-order valence-corrected chi connectivity index (χ4v) is 4.15. The molecule has 2 aliphatic rings. The first-order valence-electron chi connectivity index (χ1n) is 9.14. The lowest BCUT2D eigenvalue weighted by Gasteiger charge is -2.37. The first-order chi connectivity index (χ1) is 11.8. The zero-order valence-corrected chi connectivity index (χ0v) is 15.6. The summed E-state index contributed by atoms with van der Waals surface area (Å²) in [5, 5.41) is 3.44. The van der Waals surface area contributed by atoms with Gasteiger partial charge in [-0.25, -0.2) is 4.99 Å². The number of aliphatic imine (C=N–C) groups is 1. The van der Waals surface area contributed by atoms with Gasteiger partial charge < -0.3 is 19.7 Å². The van der Waals surface area contributed by atoms with Gasteiger partial charge >= 0.3 is 0 Å². The van der Waals surface area contributed by atoms with E-state index < -0.39 is 0 Å². The van der Waals surface area contributed by atoms with Crippen LogP contribution in [0.4, 0.5) is 0 Å². The maximum atomic E-state index is 5.95. The lowest BCUT2D eigenvalue weighted by Crippen LogP contribution is -2.53. The number of ether oxygens (including phenoxy) is 2. The Labute approximate surface area is 149 Å². The summed E-state index contributed by atoms with van der Waals surface area (Å²) >= 11 is 1.86. The smallest absolute Gasteiger partial charge is 0.194 e. The predicted octanol–water partition coefficient (Wildman–Crippen LogP) is 2.66. The molecule has 1 N–H and O–H groups in total. The molecule has 0 aliphatic carbocycles. The Kier molecular flexibility index (Phi) is 6.51. The summed E-state index contributed by atoms with van der Waals surface area (Å²) in [6.07, 6.45) is 3.78. The SMILES string of the molecule is CCNC(=NCc1ccc(CC)s1)N1CCOC(C2CCCO2)C1. The summed E-state index contributed by atoms with van der Waals surface area (Å²) < 4.78 is 11.8. The zero-order chi connectivity index (χ0) is 16.8. The first-order valence-corrected chi connectivity index (χ1v) is 9.95. The van der Waals surface area contributed by atoms with Gasteiger partial charge in [0, 0.05) is 36.0 Å². The van der Waals surface area contributed by atoms with Crippen LogP contribution in [0, 0.1) is 0 Å². The number of nitrogens with one attached hydrogen (secondary N) is 1. The summed E-state index contributed by atoms with van der Waals surface area (Å²) in [5.74, 6) is 0.996. The first kappa shape index (κ1) is 17.7. The van der Waals surface area contributed by atoms with Crippen molar-refractivity contribution in [3.8, 4) is 0 Å². The van der Waals surface area contributed by atoms with Gasteiger partial charge in [-0.1, -0.05) is 6.92 Å². The molecule has 24 heavy (non-hydrogen) atoms. The third-order valence-corrected chi connectivity index (χ3v) is 5.77. The van der Waals surface area contributed by atoms with Gasteiger partial charge in [-0.3, -0.25) is 0 Å². The molecule has 2 atom stereocenters. The zero-order valence-electron chi connectivity index (χ0n) is 14.8. The summed E-state index contributed by atoms with van der Waals surface area (Å²) in [4.78, 5) is 9.94. The van der Waals surface area contributed by atoms with E-state index in [0.29, 0.717) is 0 Å². The summed E-state index contributed by atoms with van der Waals surface area (Å²) in [6.45, 7) is 9.31. The van der Waals surface area contributed by atoms with Gasteiger partial charge in [0.15, 0.2) is 5.96 Å². The summed E-state index contributed by atoms with van der Waals surface area (Å²) in [6, 6.07) is 4.41. The number of guanidine groups is 1. The molecule has 0 aromatic carbocycles. The van der Waals surface area contributed by atoms with Crippen LogP contribution in [-0.4, -0.2) is 55.9 Å². The van der Waals surface area contributed by atoms with Crippen molar-refractivity contribution in [2.75, 3.05) is 32.8 Å². The van der Waals surface area contributed by atoms with Gasteiger partial charge in [0.2, 0.25) is 0 Å². The van der Waals surface area contributed by atoms with Crippen molar-refractivity contribution in [1.29, 1.82) is 0 Å². The molecule has 5 nitrogen and oxygen atoms in total. The number of thiophene rings is 1. The molecular formula is C18H29N3O2S. The van der Waals surface area contributed by atoms with Crippen LogP contribution in [0.1, 0.15) is 36.4 Å². The van der Waals surface area contributed by atoms with Crippen LogP contribution < -0.4 is 5.32 Å². The lowest BCUT2D eigenvalue weighted by molar-refractivity contribution is -0.0817. The maximum absolute atomic E-state index is 5.95. The highest BCUT2D eigenvalue weighted by atomic mass is 32.1. The Bertz CT molecular complexity index is 540. The standard InChI is InChI=1S/C18H29N3O2S/c1-3-14-7-8-15(24-14)12-20-18(19-4-2)21-9-11-23-17(13-21)16-6-5-10-22-16/h7-8,16-17H,3-6,9-13H2,1-2H3,(H,19,20). The average Bonchev–Trinajstić information content (AvgIpc) is 3.30. The van der Waals surface area contributed by atoms with E-state index in [9.17, 15) is 0 Å². The minimum absolute atomic E-state index is 0.165. The van der Waals surface area contributed by atoms with Crippen molar-refractivity contribution in [2.24, 2.45) is 4.99 Å². The number of hydrogen-bond donors (Lipinski definition) is 1. The second kappa shape index (κ2) is 8.83. The fourth-order valence-electron chi connectivity index (χ4n) is 3.26. The Morgan fingerprint density at radius 2 is 2.08 bits per heavy atom. The highest BCUT2D eigenvalue weighted by molar-refractivity contribution is 7.11. The number of morpholine rings is 1. The van der Waals surface area contributed by atoms with E-state index in [-0.39, 0.29) is 12.2 Å². The molecule has 2 unspecified atom stereocenters. The van der Waals surface area contributed by atoms with E-state index in [1.54, 1.807) is 0 Å². The fraction of sp³-hybridized carbons (Fsp3) is 0.722. The molecule has 0 bridgehead atoms. The van der Waals surface area contributed by atoms with Crippen LogP contribution in [0.25, 0.3) is 0 Å². The monoisotopic (exact) mass is 351 g/mol. The molecule has 2 aliphatic heterocycles. The number of hydrogen-bond acceptors (Lipinski definition) is 4. The minimum atomic E-state index is 0.165. The number of nitrogens with zero attached hydrogens (tertiary/aromatic N) is 2. The highest BCUT2D eigenvalue weighted by Gasteiger charge is 2.32. The van der Waals surface area contributed by atoms with Crippen molar-refractivity contribution < 1.29 is 9.47 Å². The predicted molar refractivity (Wildman–Crippen MR) is 98.8 cm³/mol. The van der Waals surface area contributed by atoms with Gasteiger partial charge in [-0.05, 0) is 38.3 Å². The van der Waals surface area contributed by atoms with Crippen molar-refractivity contribution in [2.45, 2.75) is 51.9 Å². The molecule has 3 heterocycles. The van der Waals surface area contributed by atoms with Crippen molar-refractivity contribution >= 4 is 17.3 Å². The second-order valence-corrected chi connectivity index (χ2v) is 7.55. The molecule has 3 rings (SSSR count). The molecule has 0 saturated carbocycles. The van der Waals surface area contributed by atoms with E-state index in [2.05, 4.69) is 36.2 Å². The van der Waals surface area contributed by atoms with E-state index >= 15 is 0 Å². The van der Waals surface area contributed by atoms with E-state index in [1.165, 1.54) is 9.75 Å². The van der Waals surface area contributed by atoms with Crippen molar-refractivity contribution in [3.05, 3.63) is 21.9 Å². The molecule has 134 valence electrons. The third-order valence-electron chi connectivity index (χ3n) is 4.56. The highest BCUT2D eigenvalue weighted by Crippen LogP contribution is 2.21. The number of aryl methyl sites for hydroxylation is 1. The number of rotatable bonds is 5. The molecule has 1 aromatic heterocycles. The van der Waals surface area contributed by atoms with E-state index in [4.69, 9.17) is 14.5 Å². The van der Waals surface area contributed by atoms with Crippen LogP contribution in [0.15, 0.2) is 17.1 Å². The summed E-state index contributed by atoms with van der Waals surface area (Å²) in [5.41, 5.74) is 0. The van der Waals surface area contributed by atoms with Gasteiger partial charge in [-0.15, -0.1) is 11.3 Å². The molecular weight excluding hydrogens is 322 g/mol. The van der Waals surface area contributed by atoms with E-state index in [1.807, 2.05) is 11.3 Å². The Morgan fingerprint density at radius 3 is 2.79 bits per heavy atom. The van der Waals surface area contributed by atoms with Gasteiger partial charge in [0.25, 0.3) is 0 Å². The van der Waals surface area contributed by atoms with Gasteiger partial charge in [-0.2, -0.15) is 0 Å². The topological polar surface area (TPSA) is 46.1 Å². The molecule has 0 spiro atoms.